The van der Waals surface area contributed by atoms with E-state index in [-0.39, 0.29) is 11.6 Å². The molecule has 2 aromatic heterocycles. The third-order valence-electron chi connectivity index (χ3n) is 4.30. The molecule has 156 valence electrons. The number of anilines is 2. The number of carbonyl (C=O) groups is 1. The molecule has 0 fully saturated rings. The Morgan fingerprint density at radius 1 is 1.00 bits per heavy atom. The molecule has 0 bridgehead atoms. The monoisotopic (exact) mass is 455 g/mol. The summed E-state index contributed by atoms with van der Waals surface area (Å²) < 4.78 is 5.14. The van der Waals surface area contributed by atoms with E-state index in [1.54, 1.807) is 36.4 Å². The van der Waals surface area contributed by atoms with Crippen LogP contribution in [0.2, 0.25) is 10.0 Å². The summed E-state index contributed by atoms with van der Waals surface area (Å²) in [6, 6.07) is 12.7. The predicted molar refractivity (Wildman–Crippen MR) is 120 cm³/mol. The van der Waals surface area contributed by atoms with Gasteiger partial charge in [-0.1, -0.05) is 23.2 Å². The van der Waals surface area contributed by atoms with Gasteiger partial charge in [-0.25, -0.2) is 19.7 Å². The van der Waals surface area contributed by atoms with Gasteiger partial charge < -0.3 is 15.2 Å². The lowest BCUT2D eigenvalue weighted by Crippen LogP contribution is -2.20. The van der Waals surface area contributed by atoms with E-state index < -0.39 is 6.03 Å². The van der Waals surface area contributed by atoms with Crippen molar-refractivity contribution in [2.45, 2.75) is 0 Å². The minimum Gasteiger partial charge on any atom is -0.504 e. The summed E-state index contributed by atoms with van der Waals surface area (Å²) in [5.74, 6) is 0.587. The fourth-order valence-electron chi connectivity index (χ4n) is 2.81. The van der Waals surface area contributed by atoms with Crippen LogP contribution in [0.1, 0.15) is 0 Å². The second-order valence-corrected chi connectivity index (χ2v) is 7.20. The summed E-state index contributed by atoms with van der Waals surface area (Å²) in [4.78, 5) is 25.4. The third-order valence-corrected chi connectivity index (χ3v) is 5.04. The molecule has 8 nitrogen and oxygen atoms in total. The maximum absolute atomic E-state index is 12.3. The van der Waals surface area contributed by atoms with Crippen LogP contribution in [0, 0.1) is 0 Å². The zero-order valence-electron chi connectivity index (χ0n) is 16.1. The van der Waals surface area contributed by atoms with Gasteiger partial charge in [-0.15, -0.1) is 0 Å². The number of aromatic hydroxyl groups is 1. The highest BCUT2D eigenvalue weighted by molar-refractivity contribution is 6.42. The number of fused-ring (bicyclic) bond motifs is 1. The first-order chi connectivity index (χ1) is 14.9. The second-order valence-electron chi connectivity index (χ2n) is 6.39. The standard InChI is InChI=1S/C21H15Cl2N5O3/c1-31-18-8-11(2-7-17(18)29)15-5-6-16-20(26-15)27-19(10-24-16)28-21(30)25-12-3-4-13(22)14(23)9-12/h2-10,29H,1H3,(H2,25,26,27,28,30). The summed E-state index contributed by atoms with van der Waals surface area (Å²) in [7, 11) is 1.47. The van der Waals surface area contributed by atoms with E-state index in [0.29, 0.717) is 38.3 Å². The average Bonchev–Trinajstić information content (AvgIpc) is 2.76. The minimum atomic E-state index is -0.522. The van der Waals surface area contributed by atoms with Gasteiger partial charge in [0.05, 0.1) is 29.0 Å². The highest BCUT2D eigenvalue weighted by atomic mass is 35.5. The zero-order chi connectivity index (χ0) is 22.0. The van der Waals surface area contributed by atoms with Crippen LogP contribution in [0.25, 0.3) is 22.4 Å². The fraction of sp³-hybridized carbons (Fsp3) is 0.0476. The molecule has 2 amide bonds. The molecule has 2 aromatic carbocycles. The van der Waals surface area contributed by atoms with Gasteiger partial charge in [0.15, 0.2) is 23.0 Å². The summed E-state index contributed by atoms with van der Waals surface area (Å²) in [6.07, 6.45) is 1.43. The van der Waals surface area contributed by atoms with Crippen LogP contribution in [0.3, 0.4) is 0 Å². The van der Waals surface area contributed by atoms with Gasteiger partial charge in [0.1, 0.15) is 5.52 Å². The molecule has 0 aliphatic heterocycles. The van der Waals surface area contributed by atoms with Crippen molar-refractivity contribution in [3.05, 3.63) is 64.8 Å². The first-order valence-corrected chi connectivity index (χ1v) is 9.73. The van der Waals surface area contributed by atoms with Gasteiger partial charge in [0.25, 0.3) is 0 Å². The van der Waals surface area contributed by atoms with Crippen molar-refractivity contribution in [3.63, 3.8) is 0 Å². The highest BCUT2D eigenvalue weighted by Gasteiger charge is 2.10. The molecule has 0 aliphatic carbocycles. The van der Waals surface area contributed by atoms with Gasteiger partial charge in [-0.05, 0) is 48.5 Å². The number of urea groups is 1. The van der Waals surface area contributed by atoms with Crippen LogP contribution < -0.4 is 15.4 Å². The third kappa shape index (κ3) is 4.60. The maximum Gasteiger partial charge on any atom is 0.324 e. The number of amides is 2. The Hall–Kier alpha value is -3.62. The molecule has 2 heterocycles. The topological polar surface area (TPSA) is 109 Å². The van der Waals surface area contributed by atoms with Crippen molar-refractivity contribution in [2.75, 3.05) is 17.7 Å². The number of phenolic OH excluding ortho intramolecular Hbond substituents is 1. The van der Waals surface area contributed by atoms with Crippen LogP contribution >= 0.6 is 23.2 Å². The summed E-state index contributed by atoms with van der Waals surface area (Å²) in [5, 5.41) is 15.7. The molecule has 0 radical (unpaired) electrons. The van der Waals surface area contributed by atoms with Crippen molar-refractivity contribution >= 4 is 51.9 Å². The van der Waals surface area contributed by atoms with Gasteiger partial charge in [0.2, 0.25) is 0 Å². The number of nitrogens with one attached hydrogen (secondary N) is 2. The number of rotatable bonds is 4. The lowest BCUT2D eigenvalue weighted by atomic mass is 10.1. The summed E-state index contributed by atoms with van der Waals surface area (Å²) in [5.41, 5.74) is 2.72. The molecule has 0 atom stereocenters. The van der Waals surface area contributed by atoms with Crippen LogP contribution in [0.15, 0.2) is 54.7 Å². The minimum absolute atomic E-state index is 0.0336. The van der Waals surface area contributed by atoms with Crippen LogP contribution in [0.5, 0.6) is 11.5 Å². The van der Waals surface area contributed by atoms with Gasteiger partial charge in [-0.2, -0.15) is 0 Å². The number of aromatic nitrogens is 3. The van der Waals surface area contributed by atoms with Crippen molar-refractivity contribution < 1.29 is 14.6 Å². The normalized spacial score (nSPS) is 10.7. The molecule has 4 aromatic rings. The molecule has 0 aliphatic rings. The van der Waals surface area contributed by atoms with Gasteiger partial charge in [0, 0.05) is 11.3 Å². The highest BCUT2D eigenvalue weighted by Crippen LogP contribution is 2.31. The molecule has 31 heavy (non-hydrogen) atoms. The van der Waals surface area contributed by atoms with E-state index in [4.69, 9.17) is 27.9 Å². The molecular weight excluding hydrogens is 441 g/mol. The Balaban J connectivity index is 1.57. The van der Waals surface area contributed by atoms with Gasteiger partial charge >= 0.3 is 6.03 Å². The van der Waals surface area contributed by atoms with Gasteiger partial charge in [-0.3, -0.25) is 5.32 Å². The number of hydrogen-bond donors (Lipinski definition) is 3. The molecule has 0 unspecified atom stereocenters. The zero-order valence-corrected chi connectivity index (χ0v) is 17.6. The average molecular weight is 456 g/mol. The molecule has 3 N–H and O–H groups in total. The first kappa shape index (κ1) is 20.6. The molecular formula is C21H15Cl2N5O3. The Morgan fingerprint density at radius 2 is 1.84 bits per heavy atom. The van der Waals surface area contributed by atoms with Crippen LogP contribution in [0.4, 0.5) is 16.3 Å². The number of ether oxygens (including phenoxy) is 1. The van der Waals surface area contributed by atoms with E-state index in [1.807, 2.05) is 0 Å². The quantitative estimate of drug-likeness (QED) is 0.382. The lowest BCUT2D eigenvalue weighted by Gasteiger charge is -2.09. The Bertz CT molecular complexity index is 1300. The summed E-state index contributed by atoms with van der Waals surface area (Å²) in [6.45, 7) is 0. The van der Waals surface area contributed by atoms with Crippen molar-refractivity contribution in [1.82, 2.24) is 15.0 Å². The number of hydrogen-bond acceptors (Lipinski definition) is 6. The van der Waals surface area contributed by atoms with E-state index in [1.165, 1.54) is 25.4 Å². The van der Waals surface area contributed by atoms with E-state index >= 15 is 0 Å². The Morgan fingerprint density at radius 3 is 2.61 bits per heavy atom. The van der Waals surface area contributed by atoms with Crippen molar-refractivity contribution in [1.29, 1.82) is 0 Å². The second kappa shape index (κ2) is 8.63. The van der Waals surface area contributed by atoms with E-state index in [9.17, 15) is 9.90 Å². The number of carbonyl (C=O) groups excluding carboxylic acids is 1. The number of benzene rings is 2. The SMILES string of the molecule is COc1cc(-c2ccc3ncc(NC(=O)Nc4ccc(Cl)c(Cl)c4)nc3n2)ccc1O. The number of methoxy groups -OCH3 is 1. The largest absolute Gasteiger partial charge is 0.504 e. The first-order valence-electron chi connectivity index (χ1n) is 8.97. The maximum atomic E-state index is 12.3. The number of phenols is 1. The smallest absolute Gasteiger partial charge is 0.324 e. The molecule has 10 heteroatoms. The lowest BCUT2D eigenvalue weighted by molar-refractivity contribution is 0.262. The van der Waals surface area contributed by atoms with Crippen LogP contribution in [-0.4, -0.2) is 33.2 Å². The number of pyridine rings is 1. The molecule has 0 spiro atoms. The van der Waals surface area contributed by atoms with E-state index in [0.717, 1.165) is 5.56 Å². The van der Waals surface area contributed by atoms with Crippen molar-refractivity contribution in [3.8, 4) is 22.8 Å². The Labute approximate surface area is 186 Å². The molecule has 0 saturated carbocycles. The molecule has 4 rings (SSSR count). The number of nitrogens with zero attached hydrogens (tertiary/aromatic N) is 3. The predicted octanol–water partition coefficient (Wildman–Crippen LogP) is 5.36. The van der Waals surface area contributed by atoms with E-state index in [2.05, 4.69) is 25.6 Å². The number of halogens is 2. The molecule has 0 saturated heterocycles. The fourth-order valence-corrected chi connectivity index (χ4v) is 3.11. The van der Waals surface area contributed by atoms with Crippen molar-refractivity contribution in [2.24, 2.45) is 0 Å². The Kier molecular flexibility index (Phi) is 5.75. The summed E-state index contributed by atoms with van der Waals surface area (Å²) >= 11 is 11.8. The van der Waals surface area contributed by atoms with Crippen LogP contribution in [-0.2, 0) is 0 Å².